The predicted octanol–water partition coefficient (Wildman–Crippen LogP) is 2.54. The van der Waals surface area contributed by atoms with Crippen LogP contribution in [0.25, 0.3) is 0 Å². The molecule has 0 atom stereocenters. The largest absolute Gasteiger partial charge is 0.289 e. The number of rotatable bonds is 4. The van der Waals surface area contributed by atoms with Crippen LogP contribution >= 0.6 is 11.8 Å². The summed E-state index contributed by atoms with van der Waals surface area (Å²) >= 11 is 1.43. The Kier molecular flexibility index (Phi) is 4.39. The fourth-order valence-corrected chi connectivity index (χ4v) is 2.39. The number of nitrogens with one attached hydrogen (secondary N) is 1. The zero-order valence-corrected chi connectivity index (χ0v) is 12.7. The maximum atomic E-state index is 12.2. The van der Waals surface area contributed by atoms with E-state index in [1.165, 1.54) is 11.8 Å². The first-order valence-corrected chi connectivity index (χ1v) is 7.49. The molecule has 2 aromatic heterocycles. The molecule has 1 N–H and O–H groups in total. The molecule has 2 rings (SSSR count). The molecule has 1 amide bonds. The van der Waals surface area contributed by atoms with E-state index in [1.807, 2.05) is 27.0 Å². The van der Waals surface area contributed by atoms with Gasteiger partial charge in [0, 0.05) is 12.2 Å². The summed E-state index contributed by atoms with van der Waals surface area (Å²) in [6.07, 6.45) is 3.55. The Morgan fingerprint density at radius 3 is 2.80 bits per heavy atom. The van der Waals surface area contributed by atoms with Gasteiger partial charge in [-0.3, -0.25) is 10.1 Å². The minimum atomic E-state index is -0.247. The first-order chi connectivity index (χ1) is 9.52. The molecule has 0 fully saturated rings. The summed E-state index contributed by atoms with van der Waals surface area (Å²) in [5.41, 5.74) is 0.526. The Hall–Kier alpha value is -1.89. The molecule has 0 unspecified atom stereocenters. The lowest BCUT2D eigenvalue weighted by Crippen LogP contribution is -2.15. The topological polar surface area (TPSA) is 72.7 Å². The first kappa shape index (κ1) is 14.5. The number of thioether (sulfide) groups is 1. The second kappa shape index (κ2) is 6.04. The Labute approximate surface area is 122 Å². The molecule has 2 heterocycles. The molecule has 2 aromatic rings. The lowest BCUT2D eigenvalue weighted by molar-refractivity contribution is 0.102. The normalized spacial score (nSPS) is 10.8. The quantitative estimate of drug-likeness (QED) is 0.876. The third kappa shape index (κ3) is 2.98. The molecule has 106 valence electrons. The van der Waals surface area contributed by atoms with E-state index in [0.29, 0.717) is 16.5 Å². The van der Waals surface area contributed by atoms with E-state index < -0.39 is 0 Å². The van der Waals surface area contributed by atoms with Gasteiger partial charge in [0.1, 0.15) is 10.9 Å². The van der Waals surface area contributed by atoms with E-state index in [2.05, 4.69) is 20.4 Å². The Morgan fingerprint density at radius 2 is 2.20 bits per heavy atom. The molecule has 0 aromatic carbocycles. The van der Waals surface area contributed by atoms with Gasteiger partial charge in [-0.1, -0.05) is 0 Å². The van der Waals surface area contributed by atoms with Crippen LogP contribution in [0.4, 0.5) is 5.95 Å². The van der Waals surface area contributed by atoms with Gasteiger partial charge < -0.3 is 0 Å². The Morgan fingerprint density at radius 1 is 1.45 bits per heavy atom. The van der Waals surface area contributed by atoms with Gasteiger partial charge in [0.15, 0.2) is 0 Å². The molecule has 0 saturated heterocycles. The fraction of sp³-hybridized carbons (Fsp3) is 0.385. The van der Waals surface area contributed by atoms with Gasteiger partial charge in [0.25, 0.3) is 5.91 Å². The van der Waals surface area contributed by atoms with Crippen molar-refractivity contribution < 1.29 is 4.79 Å². The van der Waals surface area contributed by atoms with Crippen molar-refractivity contribution in [1.29, 1.82) is 0 Å². The van der Waals surface area contributed by atoms with Gasteiger partial charge in [-0.05, 0) is 39.2 Å². The monoisotopic (exact) mass is 291 g/mol. The average Bonchev–Trinajstić information content (AvgIpc) is 2.79. The van der Waals surface area contributed by atoms with E-state index in [4.69, 9.17) is 0 Å². The number of nitrogens with zero attached hydrogens (tertiary/aromatic N) is 4. The van der Waals surface area contributed by atoms with E-state index in [0.717, 1.165) is 5.82 Å². The van der Waals surface area contributed by atoms with Gasteiger partial charge in [0.05, 0.1) is 5.56 Å². The molecule has 7 heteroatoms. The lowest BCUT2D eigenvalue weighted by atomic mass is 10.3. The first-order valence-electron chi connectivity index (χ1n) is 6.26. The molecule has 0 saturated carbocycles. The lowest BCUT2D eigenvalue weighted by Gasteiger charge is -2.06. The number of amides is 1. The van der Waals surface area contributed by atoms with E-state index in [9.17, 15) is 4.79 Å². The zero-order valence-electron chi connectivity index (χ0n) is 11.9. The number of hydrogen-bond acceptors (Lipinski definition) is 5. The molecule has 0 aliphatic rings. The van der Waals surface area contributed by atoms with Crippen LogP contribution in [0, 0.1) is 6.92 Å². The number of carbonyl (C=O) groups excluding carboxylic acids is 1. The van der Waals surface area contributed by atoms with Crippen molar-refractivity contribution in [2.75, 3.05) is 11.6 Å². The number of pyridine rings is 1. The zero-order chi connectivity index (χ0) is 14.7. The van der Waals surface area contributed by atoms with Crippen LogP contribution in [0.15, 0.2) is 23.4 Å². The Balaban J connectivity index is 2.21. The molecule has 0 spiro atoms. The highest BCUT2D eigenvalue weighted by Crippen LogP contribution is 2.18. The van der Waals surface area contributed by atoms with Crippen LogP contribution in [0.1, 0.15) is 36.1 Å². The van der Waals surface area contributed by atoms with Crippen LogP contribution in [0.3, 0.4) is 0 Å². The van der Waals surface area contributed by atoms with Crippen molar-refractivity contribution in [1.82, 2.24) is 19.7 Å². The second-order valence-corrected chi connectivity index (χ2v) is 5.33. The standard InChI is InChI=1S/C13H17N5OS/c1-8(2)18-9(3)15-13(17-18)16-11(19)10-6-5-7-14-12(10)20-4/h5-8H,1-4H3,(H,16,17,19). The number of anilines is 1. The summed E-state index contributed by atoms with van der Waals surface area (Å²) in [5, 5.41) is 7.68. The van der Waals surface area contributed by atoms with Gasteiger partial charge in [-0.15, -0.1) is 16.9 Å². The highest BCUT2D eigenvalue weighted by molar-refractivity contribution is 7.98. The van der Waals surface area contributed by atoms with E-state index in [1.54, 1.807) is 23.0 Å². The van der Waals surface area contributed by atoms with Gasteiger partial charge in [-0.2, -0.15) is 4.98 Å². The molecular formula is C13H17N5OS. The molecule has 6 nitrogen and oxygen atoms in total. The van der Waals surface area contributed by atoms with E-state index >= 15 is 0 Å². The summed E-state index contributed by atoms with van der Waals surface area (Å²) in [7, 11) is 0. The average molecular weight is 291 g/mol. The molecular weight excluding hydrogens is 274 g/mol. The molecule has 0 radical (unpaired) electrons. The molecule has 0 bridgehead atoms. The van der Waals surface area contributed by atoms with Crippen molar-refractivity contribution in [3.8, 4) is 0 Å². The number of hydrogen-bond donors (Lipinski definition) is 1. The highest BCUT2D eigenvalue weighted by atomic mass is 32.2. The smallest absolute Gasteiger partial charge is 0.260 e. The molecule has 0 aliphatic carbocycles. The van der Waals surface area contributed by atoms with Crippen LogP contribution in [-0.4, -0.2) is 31.9 Å². The SMILES string of the molecule is CSc1ncccc1C(=O)Nc1nc(C)n(C(C)C)n1. The van der Waals surface area contributed by atoms with E-state index in [-0.39, 0.29) is 11.9 Å². The van der Waals surface area contributed by atoms with Gasteiger partial charge in [0.2, 0.25) is 5.95 Å². The van der Waals surface area contributed by atoms with Gasteiger partial charge >= 0.3 is 0 Å². The summed E-state index contributed by atoms with van der Waals surface area (Å²) < 4.78 is 1.77. The van der Waals surface area contributed by atoms with Crippen molar-refractivity contribution in [3.63, 3.8) is 0 Å². The summed E-state index contributed by atoms with van der Waals surface area (Å²) in [6, 6.07) is 3.67. The third-order valence-electron chi connectivity index (χ3n) is 2.73. The van der Waals surface area contributed by atoms with Gasteiger partial charge in [-0.25, -0.2) is 9.67 Å². The van der Waals surface area contributed by atoms with Crippen LogP contribution in [0.2, 0.25) is 0 Å². The summed E-state index contributed by atoms with van der Waals surface area (Å²) in [4.78, 5) is 20.6. The predicted molar refractivity (Wildman–Crippen MR) is 79.1 cm³/mol. The highest BCUT2D eigenvalue weighted by Gasteiger charge is 2.15. The van der Waals surface area contributed by atoms with Crippen molar-refractivity contribution in [2.45, 2.75) is 31.8 Å². The number of aryl methyl sites for hydroxylation is 1. The maximum absolute atomic E-state index is 12.2. The van der Waals surface area contributed by atoms with Crippen molar-refractivity contribution in [2.24, 2.45) is 0 Å². The van der Waals surface area contributed by atoms with Crippen LogP contribution in [-0.2, 0) is 0 Å². The Bertz CT molecular complexity index is 623. The van der Waals surface area contributed by atoms with Crippen molar-refractivity contribution >= 4 is 23.6 Å². The fourth-order valence-electron chi connectivity index (χ4n) is 1.84. The molecule has 0 aliphatic heterocycles. The molecule has 20 heavy (non-hydrogen) atoms. The minimum absolute atomic E-state index is 0.202. The summed E-state index contributed by atoms with van der Waals surface area (Å²) in [5.74, 6) is 0.840. The van der Waals surface area contributed by atoms with Crippen LogP contribution < -0.4 is 5.32 Å². The second-order valence-electron chi connectivity index (χ2n) is 4.54. The third-order valence-corrected chi connectivity index (χ3v) is 3.44. The van der Waals surface area contributed by atoms with Crippen molar-refractivity contribution in [3.05, 3.63) is 29.7 Å². The number of aromatic nitrogens is 4. The maximum Gasteiger partial charge on any atom is 0.260 e. The minimum Gasteiger partial charge on any atom is -0.289 e. The number of carbonyl (C=O) groups is 1. The summed E-state index contributed by atoms with van der Waals surface area (Å²) in [6.45, 7) is 5.89. The van der Waals surface area contributed by atoms with Crippen LogP contribution in [0.5, 0.6) is 0 Å².